The van der Waals surface area contributed by atoms with E-state index in [1.807, 2.05) is 37.3 Å². The maximum Gasteiger partial charge on any atom is 0.320 e. The quantitative estimate of drug-likeness (QED) is 0.283. The Hall–Kier alpha value is -1.84. The third kappa shape index (κ3) is 8.50. The second kappa shape index (κ2) is 13.4. The van der Waals surface area contributed by atoms with Crippen molar-refractivity contribution in [3.63, 3.8) is 0 Å². The smallest absolute Gasteiger partial charge is 0.320 e. The Balaban J connectivity index is 2.69. The van der Waals surface area contributed by atoms with Gasteiger partial charge in [-0.25, -0.2) is 0 Å². The van der Waals surface area contributed by atoms with Gasteiger partial charge in [-0.05, 0) is 30.7 Å². The first kappa shape index (κ1) is 22.2. The molecule has 0 amide bonds. The predicted molar refractivity (Wildman–Crippen MR) is 104 cm³/mol. The Morgan fingerprint density at radius 2 is 1.35 bits per heavy atom. The zero-order valence-corrected chi connectivity index (χ0v) is 16.5. The number of ether oxygens (including phenoxy) is 2. The van der Waals surface area contributed by atoms with Crippen LogP contribution in [0.5, 0.6) is 0 Å². The molecule has 146 valence electrons. The molecule has 4 heteroatoms. The second-order valence-electron chi connectivity index (χ2n) is 6.89. The number of unbranched alkanes of at least 4 members (excludes halogenated alkanes) is 4. The molecular formula is C22H34O4. The van der Waals surface area contributed by atoms with Crippen LogP contribution in [0.1, 0.15) is 64.9 Å². The predicted octanol–water partition coefficient (Wildman–Crippen LogP) is 4.95. The van der Waals surface area contributed by atoms with E-state index in [1.54, 1.807) is 0 Å². The summed E-state index contributed by atoms with van der Waals surface area (Å²) in [5.41, 5.74) is 1.10. The second-order valence-corrected chi connectivity index (χ2v) is 6.89. The summed E-state index contributed by atoms with van der Waals surface area (Å²) in [5, 5.41) is 0. The van der Waals surface area contributed by atoms with Crippen LogP contribution < -0.4 is 0 Å². The Labute approximate surface area is 158 Å². The molecule has 1 aromatic rings. The topological polar surface area (TPSA) is 52.6 Å². The van der Waals surface area contributed by atoms with E-state index in [0.717, 1.165) is 44.1 Å². The van der Waals surface area contributed by atoms with Crippen LogP contribution in [0.15, 0.2) is 30.3 Å². The van der Waals surface area contributed by atoms with Crippen molar-refractivity contribution in [2.75, 3.05) is 13.2 Å². The molecule has 1 aromatic carbocycles. The number of carbonyl (C=O) groups excluding carboxylic acids is 2. The van der Waals surface area contributed by atoms with Crippen LogP contribution in [0.25, 0.3) is 0 Å². The lowest BCUT2D eigenvalue weighted by atomic mass is 9.88. The van der Waals surface area contributed by atoms with Crippen molar-refractivity contribution in [3.05, 3.63) is 35.9 Å². The van der Waals surface area contributed by atoms with E-state index in [9.17, 15) is 9.59 Å². The molecule has 0 aromatic heterocycles. The summed E-state index contributed by atoms with van der Waals surface area (Å²) in [4.78, 5) is 25.1. The van der Waals surface area contributed by atoms with Gasteiger partial charge >= 0.3 is 11.9 Å². The zero-order valence-electron chi connectivity index (χ0n) is 16.5. The highest BCUT2D eigenvalue weighted by atomic mass is 16.6. The van der Waals surface area contributed by atoms with E-state index < -0.39 is 17.9 Å². The molecule has 0 saturated heterocycles. The van der Waals surface area contributed by atoms with Gasteiger partial charge in [-0.2, -0.15) is 0 Å². The van der Waals surface area contributed by atoms with Gasteiger partial charge in [0, 0.05) is 0 Å². The number of carbonyl (C=O) groups is 2. The molecule has 26 heavy (non-hydrogen) atoms. The summed E-state index contributed by atoms with van der Waals surface area (Å²) in [6.45, 7) is 6.84. The van der Waals surface area contributed by atoms with E-state index in [0.29, 0.717) is 19.6 Å². The first-order valence-corrected chi connectivity index (χ1v) is 9.97. The van der Waals surface area contributed by atoms with Gasteiger partial charge in [0.2, 0.25) is 0 Å². The molecule has 0 aliphatic heterocycles. The van der Waals surface area contributed by atoms with E-state index >= 15 is 0 Å². The SMILES string of the molecule is CCCCCOC(=O)C(C(=O)OCCCCC)C(C)Cc1ccccc1. The lowest BCUT2D eigenvalue weighted by molar-refractivity contribution is -0.164. The highest BCUT2D eigenvalue weighted by Gasteiger charge is 2.35. The number of hydrogen-bond acceptors (Lipinski definition) is 4. The fourth-order valence-corrected chi connectivity index (χ4v) is 2.89. The van der Waals surface area contributed by atoms with Gasteiger partial charge in [0.1, 0.15) is 0 Å². The molecule has 0 N–H and O–H groups in total. The normalized spacial score (nSPS) is 12.0. The Morgan fingerprint density at radius 1 is 0.846 bits per heavy atom. The summed E-state index contributed by atoms with van der Waals surface area (Å²) in [7, 11) is 0. The van der Waals surface area contributed by atoms with Gasteiger partial charge in [0.15, 0.2) is 5.92 Å². The summed E-state index contributed by atoms with van der Waals surface area (Å²) in [6.07, 6.45) is 6.44. The van der Waals surface area contributed by atoms with Crippen LogP contribution in [0, 0.1) is 11.8 Å². The molecule has 0 fully saturated rings. The van der Waals surface area contributed by atoms with Gasteiger partial charge in [-0.15, -0.1) is 0 Å². The molecule has 0 aliphatic rings. The minimum absolute atomic E-state index is 0.172. The largest absolute Gasteiger partial charge is 0.465 e. The maximum atomic E-state index is 12.5. The van der Waals surface area contributed by atoms with Gasteiger partial charge in [0.25, 0.3) is 0 Å². The summed E-state index contributed by atoms with van der Waals surface area (Å²) in [5.74, 6) is -1.94. The van der Waals surface area contributed by atoms with Crippen molar-refractivity contribution < 1.29 is 19.1 Å². The highest BCUT2D eigenvalue weighted by Crippen LogP contribution is 2.21. The van der Waals surface area contributed by atoms with Crippen LogP contribution in [0.4, 0.5) is 0 Å². The molecule has 0 bridgehead atoms. The van der Waals surface area contributed by atoms with E-state index in [2.05, 4.69) is 13.8 Å². The molecule has 4 nitrogen and oxygen atoms in total. The van der Waals surface area contributed by atoms with Crippen molar-refractivity contribution in [1.29, 1.82) is 0 Å². The first-order valence-electron chi connectivity index (χ1n) is 9.97. The average molecular weight is 363 g/mol. The van der Waals surface area contributed by atoms with Crippen LogP contribution in [0.3, 0.4) is 0 Å². The molecule has 1 unspecified atom stereocenters. The number of rotatable bonds is 13. The molecular weight excluding hydrogens is 328 g/mol. The maximum absolute atomic E-state index is 12.5. The number of hydrogen-bond donors (Lipinski definition) is 0. The van der Waals surface area contributed by atoms with Crippen LogP contribution in [0.2, 0.25) is 0 Å². The summed E-state index contributed by atoms with van der Waals surface area (Å²) in [6, 6.07) is 9.89. The van der Waals surface area contributed by atoms with Crippen molar-refractivity contribution in [3.8, 4) is 0 Å². The fraction of sp³-hybridized carbons (Fsp3) is 0.636. The van der Waals surface area contributed by atoms with Crippen LogP contribution in [-0.2, 0) is 25.5 Å². The standard InChI is InChI=1S/C22H34O4/c1-4-6-11-15-25-21(23)20(22(24)26-16-12-7-5-2)18(3)17-19-13-9-8-10-14-19/h8-10,13-14,18,20H,4-7,11-12,15-17H2,1-3H3. The van der Waals surface area contributed by atoms with Gasteiger partial charge in [-0.3, -0.25) is 9.59 Å². The highest BCUT2D eigenvalue weighted by molar-refractivity contribution is 5.95. The third-order valence-corrected chi connectivity index (χ3v) is 4.46. The van der Waals surface area contributed by atoms with Crippen molar-refractivity contribution in [1.82, 2.24) is 0 Å². The van der Waals surface area contributed by atoms with Crippen LogP contribution in [-0.4, -0.2) is 25.2 Å². The minimum atomic E-state index is -0.863. The van der Waals surface area contributed by atoms with Crippen LogP contribution >= 0.6 is 0 Å². The minimum Gasteiger partial charge on any atom is -0.465 e. The summed E-state index contributed by atoms with van der Waals surface area (Å²) >= 11 is 0. The van der Waals surface area contributed by atoms with E-state index in [-0.39, 0.29) is 5.92 Å². The zero-order chi connectivity index (χ0) is 19.2. The monoisotopic (exact) mass is 362 g/mol. The Bertz CT molecular complexity index is 488. The van der Waals surface area contributed by atoms with Crippen molar-refractivity contribution >= 4 is 11.9 Å². The Morgan fingerprint density at radius 3 is 1.81 bits per heavy atom. The number of benzene rings is 1. The average Bonchev–Trinajstić information content (AvgIpc) is 2.63. The van der Waals surface area contributed by atoms with Crippen molar-refractivity contribution in [2.24, 2.45) is 11.8 Å². The fourth-order valence-electron chi connectivity index (χ4n) is 2.89. The molecule has 1 atom stereocenters. The molecule has 0 saturated carbocycles. The number of esters is 2. The molecule has 0 spiro atoms. The van der Waals surface area contributed by atoms with E-state index in [1.165, 1.54) is 0 Å². The van der Waals surface area contributed by atoms with Gasteiger partial charge < -0.3 is 9.47 Å². The molecule has 0 aliphatic carbocycles. The molecule has 0 radical (unpaired) electrons. The first-order chi connectivity index (χ1) is 12.6. The van der Waals surface area contributed by atoms with Crippen molar-refractivity contribution in [2.45, 2.75) is 65.7 Å². The van der Waals surface area contributed by atoms with Gasteiger partial charge in [0.05, 0.1) is 13.2 Å². The van der Waals surface area contributed by atoms with E-state index in [4.69, 9.17) is 9.47 Å². The Kier molecular flexibility index (Phi) is 11.4. The lowest BCUT2D eigenvalue weighted by Crippen LogP contribution is -2.34. The molecule has 0 heterocycles. The lowest BCUT2D eigenvalue weighted by Gasteiger charge is -2.21. The summed E-state index contributed by atoms with van der Waals surface area (Å²) < 4.78 is 10.7. The van der Waals surface area contributed by atoms with Gasteiger partial charge in [-0.1, -0.05) is 76.8 Å². The third-order valence-electron chi connectivity index (χ3n) is 4.46. The molecule has 1 rings (SSSR count).